The van der Waals surface area contributed by atoms with Gasteiger partial charge < -0.3 is 15.0 Å². The Morgan fingerprint density at radius 2 is 1.82 bits per heavy atom. The molecule has 0 unspecified atom stereocenters. The quantitative estimate of drug-likeness (QED) is 0.631. The molecular weight excluding hydrogens is 426 g/mol. The van der Waals surface area contributed by atoms with Gasteiger partial charge in [0.1, 0.15) is 18.0 Å². The van der Waals surface area contributed by atoms with Gasteiger partial charge in [-0.1, -0.05) is 6.07 Å². The molecule has 9 heteroatoms. The van der Waals surface area contributed by atoms with Crippen LogP contribution in [0.2, 0.25) is 0 Å². The molecule has 33 heavy (non-hydrogen) atoms. The molecular formula is C24H28F2N6O. The van der Waals surface area contributed by atoms with Gasteiger partial charge in [0.25, 0.3) is 0 Å². The van der Waals surface area contributed by atoms with Crippen molar-refractivity contribution in [3.8, 4) is 5.69 Å². The van der Waals surface area contributed by atoms with Gasteiger partial charge in [0.2, 0.25) is 5.95 Å². The van der Waals surface area contributed by atoms with Crippen molar-refractivity contribution in [1.82, 2.24) is 19.7 Å². The fraction of sp³-hybridized carbons (Fsp3) is 0.417. The lowest BCUT2D eigenvalue weighted by atomic mass is 10.0. The molecule has 0 aliphatic carbocycles. The Morgan fingerprint density at radius 1 is 1.06 bits per heavy atom. The van der Waals surface area contributed by atoms with E-state index in [0.29, 0.717) is 12.0 Å². The number of nitrogens with one attached hydrogen (secondary N) is 1. The van der Waals surface area contributed by atoms with Crippen molar-refractivity contribution in [3.05, 3.63) is 59.9 Å². The third kappa shape index (κ3) is 4.69. The van der Waals surface area contributed by atoms with E-state index in [-0.39, 0.29) is 11.3 Å². The normalized spacial score (nSPS) is 18.9. The van der Waals surface area contributed by atoms with Crippen molar-refractivity contribution < 1.29 is 13.5 Å². The Bertz CT molecular complexity index is 1140. The summed E-state index contributed by atoms with van der Waals surface area (Å²) >= 11 is 0. The van der Waals surface area contributed by atoms with Gasteiger partial charge in [-0.2, -0.15) is 4.98 Å². The number of ether oxygens (including phenoxy) is 1. The summed E-state index contributed by atoms with van der Waals surface area (Å²) in [5, 5.41) is 7.56. The first-order chi connectivity index (χ1) is 15.8. The molecule has 0 atom stereocenters. The molecule has 2 saturated heterocycles. The van der Waals surface area contributed by atoms with Crippen LogP contribution >= 0.6 is 0 Å². The first-order valence-electron chi connectivity index (χ1n) is 11.1. The molecule has 2 aliphatic rings. The summed E-state index contributed by atoms with van der Waals surface area (Å²) in [6, 6.07) is 10.1. The van der Waals surface area contributed by atoms with Gasteiger partial charge in [-0.25, -0.2) is 13.5 Å². The number of aromatic nitrogens is 3. The molecule has 0 saturated carbocycles. The molecule has 3 aromatic rings. The minimum atomic E-state index is -0.660. The van der Waals surface area contributed by atoms with Crippen molar-refractivity contribution in [2.75, 3.05) is 43.0 Å². The van der Waals surface area contributed by atoms with Crippen LogP contribution in [-0.2, 0) is 4.74 Å². The zero-order valence-electron chi connectivity index (χ0n) is 19.1. The van der Waals surface area contributed by atoms with E-state index in [2.05, 4.69) is 57.2 Å². The van der Waals surface area contributed by atoms with Crippen LogP contribution in [0.3, 0.4) is 0 Å². The van der Waals surface area contributed by atoms with Crippen molar-refractivity contribution in [2.24, 2.45) is 0 Å². The molecule has 174 valence electrons. The molecule has 7 nitrogen and oxygen atoms in total. The zero-order valence-corrected chi connectivity index (χ0v) is 19.1. The Balaban J connectivity index is 1.26. The molecule has 2 aliphatic heterocycles. The number of benzene rings is 2. The van der Waals surface area contributed by atoms with Gasteiger partial charge >= 0.3 is 0 Å². The lowest BCUT2D eigenvalue weighted by Crippen LogP contribution is -2.64. The predicted molar refractivity (Wildman–Crippen MR) is 123 cm³/mol. The molecule has 0 bridgehead atoms. The van der Waals surface area contributed by atoms with Crippen LogP contribution in [0.1, 0.15) is 19.4 Å². The second-order valence-electron chi connectivity index (χ2n) is 9.40. The highest BCUT2D eigenvalue weighted by Gasteiger charge is 2.37. The molecule has 1 aromatic heterocycles. The summed E-state index contributed by atoms with van der Waals surface area (Å²) < 4.78 is 34.2. The largest absolute Gasteiger partial charge is 0.373 e. The molecule has 2 aromatic carbocycles. The number of aryl methyl sites for hydroxylation is 1. The average Bonchev–Trinajstić information content (AvgIpc) is 3.16. The molecule has 3 heterocycles. The highest BCUT2D eigenvalue weighted by Crippen LogP contribution is 2.31. The monoisotopic (exact) mass is 454 g/mol. The number of hydrogen-bond donors (Lipinski definition) is 1. The SMILES string of the molecule is Cc1ccc(N2CC(N3CCOC(C)(C)C3)C2)cc1Nc1ncn(-c2cc(F)cc(F)c2)n1. The fourth-order valence-corrected chi connectivity index (χ4v) is 4.44. The molecule has 0 spiro atoms. The van der Waals surface area contributed by atoms with Crippen molar-refractivity contribution >= 4 is 17.3 Å². The van der Waals surface area contributed by atoms with E-state index in [4.69, 9.17) is 4.74 Å². The Kier molecular flexibility index (Phi) is 5.54. The van der Waals surface area contributed by atoms with E-state index in [0.717, 1.165) is 55.8 Å². The van der Waals surface area contributed by atoms with E-state index in [9.17, 15) is 8.78 Å². The van der Waals surface area contributed by atoms with E-state index >= 15 is 0 Å². The lowest BCUT2D eigenvalue weighted by Gasteiger charge is -2.50. The van der Waals surface area contributed by atoms with Crippen LogP contribution < -0.4 is 10.2 Å². The van der Waals surface area contributed by atoms with Crippen molar-refractivity contribution in [3.63, 3.8) is 0 Å². The summed E-state index contributed by atoms with van der Waals surface area (Å²) in [7, 11) is 0. The summed E-state index contributed by atoms with van der Waals surface area (Å²) in [4.78, 5) is 9.13. The Hall–Kier alpha value is -3.04. The number of halogens is 2. The Labute approximate surface area is 192 Å². The highest BCUT2D eigenvalue weighted by molar-refractivity contribution is 5.66. The summed E-state index contributed by atoms with van der Waals surface area (Å²) in [6.45, 7) is 11.0. The van der Waals surface area contributed by atoms with Crippen LogP contribution in [0.15, 0.2) is 42.7 Å². The van der Waals surface area contributed by atoms with Gasteiger partial charge in [-0.3, -0.25) is 4.90 Å². The molecule has 1 N–H and O–H groups in total. The van der Waals surface area contributed by atoms with Gasteiger partial charge in [0, 0.05) is 49.7 Å². The maximum absolute atomic E-state index is 13.5. The first kappa shape index (κ1) is 21.8. The number of anilines is 3. The van der Waals surface area contributed by atoms with E-state index in [1.807, 2.05) is 6.92 Å². The van der Waals surface area contributed by atoms with E-state index in [1.54, 1.807) is 0 Å². The molecule has 2 fully saturated rings. The summed E-state index contributed by atoms with van der Waals surface area (Å²) in [6.07, 6.45) is 1.43. The minimum absolute atomic E-state index is 0.0900. The first-order valence-corrected chi connectivity index (χ1v) is 11.1. The van der Waals surface area contributed by atoms with E-state index < -0.39 is 11.6 Å². The maximum Gasteiger partial charge on any atom is 0.246 e. The van der Waals surface area contributed by atoms with Crippen molar-refractivity contribution in [1.29, 1.82) is 0 Å². The number of nitrogens with zero attached hydrogens (tertiary/aromatic N) is 5. The number of hydrogen-bond acceptors (Lipinski definition) is 6. The third-order valence-electron chi connectivity index (χ3n) is 6.27. The van der Waals surface area contributed by atoms with Gasteiger partial charge in [0.05, 0.1) is 17.9 Å². The lowest BCUT2D eigenvalue weighted by molar-refractivity contribution is -0.0994. The summed E-state index contributed by atoms with van der Waals surface area (Å²) in [5.74, 6) is -0.962. The smallest absolute Gasteiger partial charge is 0.246 e. The van der Waals surface area contributed by atoms with Crippen LogP contribution in [0.25, 0.3) is 5.69 Å². The molecule has 0 amide bonds. The zero-order chi connectivity index (χ0) is 23.2. The fourth-order valence-electron chi connectivity index (χ4n) is 4.44. The molecule has 5 rings (SSSR count). The van der Waals surface area contributed by atoms with Crippen LogP contribution in [0, 0.1) is 18.6 Å². The number of morpholine rings is 1. The second-order valence-corrected chi connectivity index (χ2v) is 9.40. The number of rotatable bonds is 5. The van der Waals surface area contributed by atoms with Gasteiger partial charge in [-0.05, 0) is 50.6 Å². The van der Waals surface area contributed by atoms with Crippen LogP contribution in [-0.4, -0.2) is 64.1 Å². The van der Waals surface area contributed by atoms with Crippen molar-refractivity contribution in [2.45, 2.75) is 32.4 Å². The molecule has 0 radical (unpaired) electrons. The van der Waals surface area contributed by atoms with Gasteiger partial charge in [-0.15, -0.1) is 5.10 Å². The highest BCUT2D eigenvalue weighted by atomic mass is 19.1. The maximum atomic E-state index is 13.5. The minimum Gasteiger partial charge on any atom is -0.373 e. The van der Waals surface area contributed by atoms with Crippen LogP contribution in [0.5, 0.6) is 0 Å². The third-order valence-corrected chi connectivity index (χ3v) is 6.27. The average molecular weight is 455 g/mol. The predicted octanol–water partition coefficient (Wildman–Crippen LogP) is 3.90. The topological polar surface area (TPSA) is 58.5 Å². The van der Waals surface area contributed by atoms with Gasteiger partial charge in [0.15, 0.2) is 0 Å². The Morgan fingerprint density at radius 3 is 2.55 bits per heavy atom. The van der Waals surface area contributed by atoms with Crippen LogP contribution in [0.4, 0.5) is 26.1 Å². The summed E-state index contributed by atoms with van der Waals surface area (Å²) in [5.41, 5.74) is 3.27. The standard InChI is InChI=1S/C24H28F2N6O/c1-16-4-5-19(31-12-21(13-31)30-6-7-33-24(2,3)14-30)11-22(16)28-23-27-15-32(29-23)20-9-17(25)8-18(26)10-20/h4-5,8-11,15,21H,6-7,12-14H2,1-3H3,(H,28,29). The van der Waals surface area contributed by atoms with E-state index in [1.165, 1.54) is 23.1 Å². The second kappa shape index (κ2) is 8.39.